The van der Waals surface area contributed by atoms with Crippen LogP contribution in [0.25, 0.3) is 0 Å². The number of amides is 1. The lowest BCUT2D eigenvalue weighted by molar-refractivity contribution is -0.128. The molecule has 0 saturated heterocycles. The van der Waals surface area contributed by atoms with Crippen molar-refractivity contribution in [1.82, 2.24) is 4.90 Å². The molecule has 0 aliphatic rings. The fourth-order valence-corrected chi connectivity index (χ4v) is 1.12. The van der Waals surface area contributed by atoms with E-state index in [2.05, 4.69) is 13.5 Å². The molecule has 0 aromatic carbocycles. The molecule has 0 atom stereocenters. The molecule has 0 aromatic rings. The number of carbonyl (C=O) groups is 1. The molecule has 0 rings (SSSR count). The van der Waals surface area contributed by atoms with Gasteiger partial charge in [-0.25, -0.2) is 0 Å². The zero-order valence-electron chi connectivity index (χ0n) is 8.18. The Kier molecular flexibility index (Phi) is 6.44. The zero-order chi connectivity index (χ0) is 9.40. The molecule has 0 aliphatic carbocycles. The Labute approximate surface area is 75.3 Å². The molecule has 0 N–H and O–H groups in total. The van der Waals surface area contributed by atoms with E-state index >= 15 is 0 Å². The van der Waals surface area contributed by atoms with Crippen LogP contribution in [0, 0.1) is 0 Å². The summed E-state index contributed by atoms with van der Waals surface area (Å²) >= 11 is 0. The van der Waals surface area contributed by atoms with Crippen LogP contribution in [0.15, 0.2) is 12.7 Å². The second kappa shape index (κ2) is 6.89. The van der Waals surface area contributed by atoms with Crippen molar-refractivity contribution in [3.05, 3.63) is 12.7 Å². The molecule has 0 spiro atoms. The van der Waals surface area contributed by atoms with Gasteiger partial charge >= 0.3 is 0 Å². The summed E-state index contributed by atoms with van der Waals surface area (Å²) in [4.78, 5) is 12.9. The molecular formula is C10H19NO. The van der Waals surface area contributed by atoms with E-state index in [9.17, 15) is 4.79 Å². The third kappa shape index (κ3) is 4.94. The van der Waals surface area contributed by atoms with Gasteiger partial charge < -0.3 is 4.90 Å². The second-order valence-electron chi connectivity index (χ2n) is 2.94. The van der Waals surface area contributed by atoms with Crippen LogP contribution in [0.4, 0.5) is 0 Å². The van der Waals surface area contributed by atoms with Gasteiger partial charge in [-0.3, -0.25) is 4.79 Å². The molecule has 2 nitrogen and oxygen atoms in total. The maximum atomic E-state index is 11.0. The molecule has 0 unspecified atom stereocenters. The van der Waals surface area contributed by atoms with E-state index in [1.165, 1.54) is 0 Å². The standard InChI is InChI=1S/C10H19NO/c1-4-6-7-9-11(8-5-2)10(3)12/h4H,1,5-9H2,2-3H3. The SMILES string of the molecule is C=CCCCN(CCC)C(C)=O. The maximum Gasteiger partial charge on any atom is 0.219 e. The Balaban J connectivity index is 3.63. The average Bonchev–Trinajstić information content (AvgIpc) is 2.03. The topological polar surface area (TPSA) is 20.3 Å². The third-order valence-corrected chi connectivity index (χ3v) is 1.78. The zero-order valence-corrected chi connectivity index (χ0v) is 8.18. The van der Waals surface area contributed by atoms with E-state index < -0.39 is 0 Å². The van der Waals surface area contributed by atoms with Crippen LogP contribution >= 0.6 is 0 Å². The van der Waals surface area contributed by atoms with Crippen molar-refractivity contribution < 1.29 is 4.79 Å². The van der Waals surface area contributed by atoms with Gasteiger partial charge in [0.05, 0.1) is 0 Å². The predicted molar refractivity (Wildman–Crippen MR) is 52.0 cm³/mol. The molecule has 70 valence electrons. The molecule has 0 heterocycles. The van der Waals surface area contributed by atoms with E-state index in [4.69, 9.17) is 0 Å². The molecular weight excluding hydrogens is 150 g/mol. The first-order valence-corrected chi connectivity index (χ1v) is 4.58. The monoisotopic (exact) mass is 169 g/mol. The maximum absolute atomic E-state index is 11.0. The number of unbranched alkanes of at least 4 members (excludes halogenated alkanes) is 1. The number of hydrogen-bond acceptors (Lipinski definition) is 1. The summed E-state index contributed by atoms with van der Waals surface area (Å²) in [5.41, 5.74) is 0. The van der Waals surface area contributed by atoms with Gasteiger partial charge in [0.25, 0.3) is 0 Å². The fraction of sp³-hybridized carbons (Fsp3) is 0.700. The lowest BCUT2D eigenvalue weighted by atomic mass is 10.3. The van der Waals surface area contributed by atoms with Crippen molar-refractivity contribution in [3.8, 4) is 0 Å². The second-order valence-corrected chi connectivity index (χ2v) is 2.94. The van der Waals surface area contributed by atoms with E-state index in [1.54, 1.807) is 6.92 Å². The largest absolute Gasteiger partial charge is 0.343 e. The van der Waals surface area contributed by atoms with Crippen LogP contribution in [-0.2, 0) is 4.79 Å². The summed E-state index contributed by atoms with van der Waals surface area (Å²) in [6, 6.07) is 0. The van der Waals surface area contributed by atoms with Gasteiger partial charge in [0.1, 0.15) is 0 Å². The van der Waals surface area contributed by atoms with Gasteiger partial charge in [-0.05, 0) is 19.3 Å². The van der Waals surface area contributed by atoms with Gasteiger partial charge in [0, 0.05) is 20.0 Å². The van der Waals surface area contributed by atoms with E-state index in [1.807, 2.05) is 11.0 Å². The number of carbonyl (C=O) groups excluding carboxylic acids is 1. The lowest BCUT2D eigenvalue weighted by Crippen LogP contribution is -2.30. The van der Waals surface area contributed by atoms with Crippen LogP contribution < -0.4 is 0 Å². The Bertz CT molecular complexity index is 143. The molecule has 1 amide bonds. The van der Waals surface area contributed by atoms with E-state index in [0.717, 1.165) is 32.4 Å². The third-order valence-electron chi connectivity index (χ3n) is 1.78. The number of nitrogens with zero attached hydrogens (tertiary/aromatic N) is 1. The Morgan fingerprint density at radius 1 is 1.50 bits per heavy atom. The van der Waals surface area contributed by atoms with Crippen LogP contribution in [0.3, 0.4) is 0 Å². The minimum absolute atomic E-state index is 0.181. The van der Waals surface area contributed by atoms with Gasteiger partial charge in [0.2, 0.25) is 5.91 Å². The summed E-state index contributed by atoms with van der Waals surface area (Å²) < 4.78 is 0. The fourth-order valence-electron chi connectivity index (χ4n) is 1.12. The Morgan fingerprint density at radius 2 is 2.17 bits per heavy atom. The quantitative estimate of drug-likeness (QED) is 0.441. The van der Waals surface area contributed by atoms with Crippen molar-refractivity contribution in [1.29, 1.82) is 0 Å². The Hall–Kier alpha value is -0.790. The summed E-state index contributed by atoms with van der Waals surface area (Å²) in [6.07, 6.45) is 4.95. The minimum Gasteiger partial charge on any atom is -0.343 e. The van der Waals surface area contributed by atoms with Gasteiger partial charge in [0.15, 0.2) is 0 Å². The number of rotatable bonds is 6. The smallest absolute Gasteiger partial charge is 0.219 e. The molecule has 0 fully saturated rings. The number of allylic oxidation sites excluding steroid dienone is 1. The predicted octanol–water partition coefficient (Wildman–Crippen LogP) is 2.21. The highest BCUT2D eigenvalue weighted by Gasteiger charge is 2.04. The van der Waals surface area contributed by atoms with Gasteiger partial charge in [-0.1, -0.05) is 13.0 Å². The highest BCUT2D eigenvalue weighted by atomic mass is 16.2. The van der Waals surface area contributed by atoms with E-state index in [0.29, 0.717) is 0 Å². The lowest BCUT2D eigenvalue weighted by Gasteiger charge is -2.19. The highest BCUT2D eigenvalue weighted by Crippen LogP contribution is 1.97. The number of hydrogen-bond donors (Lipinski definition) is 0. The first-order chi connectivity index (χ1) is 5.72. The average molecular weight is 169 g/mol. The summed E-state index contributed by atoms with van der Waals surface area (Å²) in [5, 5.41) is 0. The van der Waals surface area contributed by atoms with Crippen molar-refractivity contribution in [3.63, 3.8) is 0 Å². The van der Waals surface area contributed by atoms with Gasteiger partial charge in [-0.2, -0.15) is 0 Å². The normalized spacial score (nSPS) is 9.50. The summed E-state index contributed by atoms with van der Waals surface area (Å²) in [6.45, 7) is 9.11. The molecule has 12 heavy (non-hydrogen) atoms. The molecule has 2 heteroatoms. The van der Waals surface area contributed by atoms with E-state index in [-0.39, 0.29) is 5.91 Å². The van der Waals surface area contributed by atoms with Crippen molar-refractivity contribution in [2.75, 3.05) is 13.1 Å². The van der Waals surface area contributed by atoms with Crippen molar-refractivity contribution in [2.45, 2.75) is 33.1 Å². The molecule has 0 saturated carbocycles. The molecule has 0 aromatic heterocycles. The van der Waals surface area contributed by atoms with Crippen LogP contribution in [-0.4, -0.2) is 23.9 Å². The van der Waals surface area contributed by atoms with Gasteiger partial charge in [-0.15, -0.1) is 6.58 Å². The van der Waals surface area contributed by atoms with Crippen molar-refractivity contribution >= 4 is 5.91 Å². The highest BCUT2D eigenvalue weighted by molar-refractivity contribution is 5.73. The summed E-state index contributed by atoms with van der Waals surface area (Å²) in [7, 11) is 0. The Morgan fingerprint density at radius 3 is 2.58 bits per heavy atom. The first kappa shape index (κ1) is 11.2. The summed E-state index contributed by atoms with van der Waals surface area (Å²) in [5.74, 6) is 0.181. The van der Waals surface area contributed by atoms with Crippen LogP contribution in [0.5, 0.6) is 0 Å². The van der Waals surface area contributed by atoms with Crippen molar-refractivity contribution in [2.24, 2.45) is 0 Å². The minimum atomic E-state index is 0.181. The van der Waals surface area contributed by atoms with Crippen LogP contribution in [0.2, 0.25) is 0 Å². The van der Waals surface area contributed by atoms with Crippen LogP contribution in [0.1, 0.15) is 33.1 Å². The first-order valence-electron chi connectivity index (χ1n) is 4.58. The molecule has 0 radical (unpaired) electrons. The molecule has 0 bridgehead atoms. The molecule has 0 aliphatic heterocycles.